The molecule has 0 bridgehead atoms. The second-order valence-electron chi connectivity index (χ2n) is 12.3. The molecule has 0 aromatic heterocycles. The minimum atomic E-state index is -0.439. The number of unbranched alkanes of at least 4 members (excludes halogenated alkanes) is 15. The van der Waals surface area contributed by atoms with E-state index in [9.17, 15) is 4.79 Å². The summed E-state index contributed by atoms with van der Waals surface area (Å²) in [4.78, 5) is 14.8. The van der Waals surface area contributed by atoms with Gasteiger partial charge in [0, 0.05) is 0 Å². The predicted octanol–water partition coefficient (Wildman–Crippen LogP) is 11.2. The van der Waals surface area contributed by atoms with E-state index < -0.39 is 6.16 Å². The zero-order valence-electron chi connectivity index (χ0n) is 27.0. The molecule has 0 spiro atoms. The Hall–Kier alpha value is -1.29. The van der Waals surface area contributed by atoms with Crippen molar-refractivity contribution in [2.45, 2.75) is 168 Å². The van der Waals surface area contributed by atoms with E-state index in [0.29, 0.717) is 12.5 Å². The topological polar surface area (TPSA) is 38.8 Å². The molecule has 0 amide bonds. The summed E-state index contributed by atoms with van der Waals surface area (Å²) >= 11 is 0. The molecule has 1 saturated heterocycles. The van der Waals surface area contributed by atoms with E-state index in [4.69, 9.17) is 9.47 Å². The molecule has 1 fully saturated rings. The first-order valence-corrected chi connectivity index (χ1v) is 17.5. The minimum Gasteiger partial charge on any atom is -0.434 e. The van der Waals surface area contributed by atoms with Gasteiger partial charge in [-0.1, -0.05) is 115 Å². The molecule has 0 aromatic rings. The third kappa shape index (κ3) is 23.4. The number of likely N-dealkylation sites (tertiary alicyclic amines) is 1. The molecular weight excluding hydrogens is 494 g/mol. The van der Waals surface area contributed by atoms with E-state index in [0.717, 1.165) is 58.0 Å². The van der Waals surface area contributed by atoms with Crippen molar-refractivity contribution < 1.29 is 14.3 Å². The Morgan fingerprint density at radius 3 is 1.75 bits per heavy atom. The van der Waals surface area contributed by atoms with E-state index in [1.54, 1.807) is 0 Å². The molecule has 0 N–H and O–H groups in total. The van der Waals surface area contributed by atoms with Crippen LogP contribution in [0.4, 0.5) is 4.79 Å². The minimum absolute atomic E-state index is 0.0167. The monoisotopic (exact) mass is 562 g/mol. The quantitative estimate of drug-likeness (QED) is 0.0598. The number of hydrogen-bond donors (Lipinski definition) is 0. The van der Waals surface area contributed by atoms with Crippen LogP contribution < -0.4 is 0 Å². The van der Waals surface area contributed by atoms with Gasteiger partial charge in [-0.15, -0.1) is 0 Å². The normalized spacial score (nSPS) is 15.8. The van der Waals surface area contributed by atoms with E-state index in [1.165, 1.54) is 103 Å². The zero-order valence-corrected chi connectivity index (χ0v) is 27.0. The maximum Gasteiger partial charge on any atom is 0.508 e. The van der Waals surface area contributed by atoms with Crippen LogP contribution in [-0.2, 0) is 9.47 Å². The highest BCUT2D eigenvalue weighted by atomic mass is 16.7. The van der Waals surface area contributed by atoms with Gasteiger partial charge in [-0.2, -0.15) is 0 Å². The lowest BCUT2D eigenvalue weighted by atomic mass is 9.98. The largest absolute Gasteiger partial charge is 0.508 e. The second kappa shape index (κ2) is 27.9. The van der Waals surface area contributed by atoms with Gasteiger partial charge in [0.25, 0.3) is 0 Å². The summed E-state index contributed by atoms with van der Waals surface area (Å²) in [5, 5.41) is 0. The highest BCUT2D eigenvalue weighted by Gasteiger charge is 2.20. The third-order valence-electron chi connectivity index (χ3n) is 8.39. The molecule has 1 heterocycles. The van der Waals surface area contributed by atoms with Crippen molar-refractivity contribution in [3.8, 4) is 0 Å². The Labute approximate surface area is 249 Å². The van der Waals surface area contributed by atoms with Crippen molar-refractivity contribution in [1.82, 2.24) is 4.90 Å². The van der Waals surface area contributed by atoms with Crippen molar-refractivity contribution in [2.75, 3.05) is 26.7 Å². The summed E-state index contributed by atoms with van der Waals surface area (Å²) in [5.74, 6) is 0.483. The molecule has 4 nitrogen and oxygen atoms in total. The summed E-state index contributed by atoms with van der Waals surface area (Å²) in [6.07, 6.45) is 37.2. The van der Waals surface area contributed by atoms with Crippen LogP contribution in [0.2, 0.25) is 0 Å². The van der Waals surface area contributed by atoms with Gasteiger partial charge in [0.2, 0.25) is 0 Å². The lowest BCUT2D eigenvalue weighted by molar-refractivity contribution is 0.00396. The molecule has 1 atom stereocenters. The van der Waals surface area contributed by atoms with Crippen LogP contribution in [0.3, 0.4) is 0 Å². The molecular formula is C36H67NO3. The van der Waals surface area contributed by atoms with Gasteiger partial charge >= 0.3 is 6.16 Å². The van der Waals surface area contributed by atoms with Crippen LogP contribution in [0.15, 0.2) is 24.3 Å². The fraction of sp³-hybridized carbons (Fsp3) is 0.861. The lowest BCUT2D eigenvalue weighted by Crippen LogP contribution is -2.32. The van der Waals surface area contributed by atoms with Gasteiger partial charge in [0.05, 0.1) is 6.61 Å². The van der Waals surface area contributed by atoms with E-state index >= 15 is 0 Å². The molecule has 0 radical (unpaired) electrons. The van der Waals surface area contributed by atoms with Crippen LogP contribution in [0.25, 0.3) is 0 Å². The smallest absolute Gasteiger partial charge is 0.434 e. The molecule has 234 valence electrons. The molecule has 1 aliphatic rings. The lowest BCUT2D eigenvalue weighted by Gasteiger charge is -2.28. The van der Waals surface area contributed by atoms with Crippen molar-refractivity contribution in [2.24, 2.45) is 5.92 Å². The van der Waals surface area contributed by atoms with Crippen LogP contribution in [0, 0.1) is 5.92 Å². The van der Waals surface area contributed by atoms with Crippen LogP contribution in [0.5, 0.6) is 0 Å². The number of rotatable bonds is 26. The number of piperidine rings is 1. The van der Waals surface area contributed by atoms with Gasteiger partial charge in [-0.05, 0) is 96.7 Å². The summed E-state index contributed by atoms with van der Waals surface area (Å²) in [6.45, 7) is 7.23. The number of ether oxygens (including phenoxy) is 2. The van der Waals surface area contributed by atoms with Crippen LogP contribution >= 0.6 is 0 Å². The SMILES string of the molecule is CCCCC/C=C\C/C=C\CCCCCCCC(CCCCCCCCCC)OC(=O)OCC1CCN(C)CC1. The van der Waals surface area contributed by atoms with E-state index in [-0.39, 0.29) is 6.10 Å². The van der Waals surface area contributed by atoms with Gasteiger partial charge in [0.15, 0.2) is 0 Å². The average Bonchev–Trinajstić information content (AvgIpc) is 2.96. The highest BCUT2D eigenvalue weighted by molar-refractivity contribution is 5.60. The summed E-state index contributed by atoms with van der Waals surface area (Å²) < 4.78 is 11.4. The molecule has 1 unspecified atom stereocenters. The molecule has 4 heteroatoms. The fourth-order valence-electron chi connectivity index (χ4n) is 5.54. The maximum atomic E-state index is 12.5. The van der Waals surface area contributed by atoms with Gasteiger partial charge in [0.1, 0.15) is 6.10 Å². The molecule has 1 aliphatic heterocycles. The Morgan fingerprint density at radius 1 is 0.700 bits per heavy atom. The predicted molar refractivity (Wildman–Crippen MR) is 173 cm³/mol. The number of nitrogens with zero attached hydrogens (tertiary/aromatic N) is 1. The molecule has 0 aliphatic carbocycles. The Morgan fingerprint density at radius 2 is 1.18 bits per heavy atom. The van der Waals surface area contributed by atoms with Crippen molar-refractivity contribution in [1.29, 1.82) is 0 Å². The van der Waals surface area contributed by atoms with Gasteiger partial charge in [-0.25, -0.2) is 4.79 Å². The molecule has 40 heavy (non-hydrogen) atoms. The second-order valence-corrected chi connectivity index (χ2v) is 12.3. The first-order valence-electron chi connectivity index (χ1n) is 17.5. The first-order chi connectivity index (χ1) is 19.7. The fourth-order valence-corrected chi connectivity index (χ4v) is 5.54. The van der Waals surface area contributed by atoms with Crippen LogP contribution in [-0.4, -0.2) is 43.9 Å². The van der Waals surface area contributed by atoms with Crippen LogP contribution in [0.1, 0.15) is 162 Å². The number of carbonyl (C=O) groups is 1. The highest BCUT2D eigenvalue weighted by Crippen LogP contribution is 2.20. The van der Waals surface area contributed by atoms with Gasteiger partial charge in [-0.3, -0.25) is 0 Å². The van der Waals surface area contributed by atoms with Crippen molar-refractivity contribution in [3.05, 3.63) is 24.3 Å². The van der Waals surface area contributed by atoms with Gasteiger partial charge < -0.3 is 14.4 Å². The third-order valence-corrected chi connectivity index (χ3v) is 8.39. The molecule has 0 saturated carbocycles. The molecule has 0 aromatic carbocycles. The summed E-state index contributed by atoms with van der Waals surface area (Å²) in [7, 11) is 2.16. The maximum absolute atomic E-state index is 12.5. The van der Waals surface area contributed by atoms with E-state index in [2.05, 4.69) is 50.1 Å². The Kier molecular flexibility index (Phi) is 25.6. The first kappa shape index (κ1) is 36.7. The average molecular weight is 562 g/mol. The molecule has 1 rings (SSSR count). The Balaban J connectivity index is 2.19. The number of carbonyl (C=O) groups excluding carboxylic acids is 1. The zero-order chi connectivity index (χ0) is 28.9. The summed E-state index contributed by atoms with van der Waals surface area (Å²) in [6, 6.07) is 0. The number of hydrogen-bond acceptors (Lipinski definition) is 4. The Bertz CT molecular complexity index is 609. The standard InChI is InChI=1S/C36H67NO3/c1-4-6-8-10-12-14-15-16-17-18-19-20-22-24-26-28-35(27-25-23-21-13-11-9-7-5-2)40-36(38)39-33-34-29-31-37(3)32-30-34/h12,14,16-17,34-35H,4-11,13,15,18-33H2,1-3H3/b14-12-,17-16-. The van der Waals surface area contributed by atoms with E-state index in [1.807, 2.05) is 0 Å². The van der Waals surface area contributed by atoms with Crippen molar-refractivity contribution in [3.63, 3.8) is 0 Å². The summed E-state index contributed by atoms with van der Waals surface area (Å²) in [5.41, 5.74) is 0. The van der Waals surface area contributed by atoms with Crippen molar-refractivity contribution >= 4 is 6.16 Å². The number of allylic oxidation sites excluding steroid dienone is 4.